The molecule has 4 rings (SSSR count). The third-order valence-corrected chi connectivity index (χ3v) is 5.06. The average Bonchev–Trinajstić information content (AvgIpc) is 3.40. The van der Waals surface area contributed by atoms with Gasteiger partial charge in [0.2, 0.25) is 0 Å². The molecule has 1 fully saturated rings. The fourth-order valence-corrected chi connectivity index (χ4v) is 3.43. The van der Waals surface area contributed by atoms with Crippen molar-refractivity contribution in [2.45, 2.75) is 51.1 Å². The Morgan fingerprint density at radius 1 is 1.15 bits per heavy atom. The molecule has 0 unspecified atom stereocenters. The minimum atomic E-state index is -0.274. The SMILES string of the molecule is O=C(NCCc1ccc(F)cc1)c1nc(C(=O)NC2CC2)n2c1CCCC2. The Labute approximate surface area is 157 Å². The number of carbonyl (C=O) groups excluding carboxylic acids is 2. The van der Waals surface area contributed by atoms with E-state index in [-0.39, 0.29) is 23.7 Å². The second kappa shape index (κ2) is 7.50. The lowest BCUT2D eigenvalue weighted by atomic mass is 10.1. The number of aromatic nitrogens is 2. The second-order valence-electron chi connectivity index (χ2n) is 7.22. The highest BCUT2D eigenvalue weighted by Gasteiger charge is 2.30. The summed E-state index contributed by atoms with van der Waals surface area (Å²) in [4.78, 5) is 29.5. The van der Waals surface area contributed by atoms with E-state index in [1.807, 2.05) is 4.57 Å². The number of nitrogens with one attached hydrogen (secondary N) is 2. The van der Waals surface area contributed by atoms with Crippen LogP contribution in [0.15, 0.2) is 24.3 Å². The van der Waals surface area contributed by atoms with Crippen LogP contribution in [0.4, 0.5) is 4.39 Å². The third kappa shape index (κ3) is 4.02. The highest BCUT2D eigenvalue weighted by atomic mass is 19.1. The molecule has 1 aromatic heterocycles. The lowest BCUT2D eigenvalue weighted by molar-refractivity contribution is 0.0935. The van der Waals surface area contributed by atoms with Crippen molar-refractivity contribution in [2.75, 3.05) is 6.54 Å². The molecule has 142 valence electrons. The molecule has 1 aromatic carbocycles. The monoisotopic (exact) mass is 370 g/mol. The molecule has 0 radical (unpaired) electrons. The van der Waals surface area contributed by atoms with Crippen LogP contribution in [0.2, 0.25) is 0 Å². The molecule has 7 heteroatoms. The van der Waals surface area contributed by atoms with Gasteiger partial charge in [-0.25, -0.2) is 9.37 Å². The summed E-state index contributed by atoms with van der Waals surface area (Å²) in [6.45, 7) is 1.15. The topological polar surface area (TPSA) is 76.0 Å². The van der Waals surface area contributed by atoms with Crippen LogP contribution >= 0.6 is 0 Å². The van der Waals surface area contributed by atoms with Crippen LogP contribution in [-0.2, 0) is 19.4 Å². The predicted molar refractivity (Wildman–Crippen MR) is 98.1 cm³/mol. The molecule has 27 heavy (non-hydrogen) atoms. The number of carbonyl (C=O) groups is 2. The van der Waals surface area contributed by atoms with Gasteiger partial charge in [0.15, 0.2) is 5.82 Å². The van der Waals surface area contributed by atoms with E-state index in [1.54, 1.807) is 12.1 Å². The van der Waals surface area contributed by atoms with Gasteiger partial charge < -0.3 is 15.2 Å². The summed E-state index contributed by atoms with van der Waals surface area (Å²) in [5.41, 5.74) is 2.16. The molecule has 0 atom stereocenters. The fourth-order valence-electron chi connectivity index (χ4n) is 3.43. The Balaban J connectivity index is 1.45. The number of nitrogens with zero attached hydrogens (tertiary/aromatic N) is 2. The molecule has 0 bridgehead atoms. The van der Waals surface area contributed by atoms with E-state index in [4.69, 9.17) is 0 Å². The van der Waals surface area contributed by atoms with Gasteiger partial charge >= 0.3 is 0 Å². The molecule has 2 amide bonds. The molecule has 2 heterocycles. The zero-order chi connectivity index (χ0) is 18.8. The minimum Gasteiger partial charge on any atom is -0.350 e. The highest BCUT2D eigenvalue weighted by molar-refractivity contribution is 5.97. The number of hydrogen-bond acceptors (Lipinski definition) is 3. The van der Waals surface area contributed by atoms with Gasteiger partial charge in [-0.3, -0.25) is 9.59 Å². The first kappa shape index (κ1) is 17.7. The minimum absolute atomic E-state index is 0.189. The molecule has 2 N–H and O–H groups in total. The van der Waals surface area contributed by atoms with Gasteiger partial charge in [0, 0.05) is 19.1 Å². The average molecular weight is 370 g/mol. The van der Waals surface area contributed by atoms with Crippen molar-refractivity contribution in [3.05, 3.63) is 52.9 Å². The molecule has 1 aliphatic carbocycles. The van der Waals surface area contributed by atoms with Gasteiger partial charge in [0.05, 0.1) is 5.69 Å². The van der Waals surface area contributed by atoms with Crippen LogP contribution in [0.25, 0.3) is 0 Å². The first-order chi connectivity index (χ1) is 13.1. The summed E-state index contributed by atoms with van der Waals surface area (Å²) < 4.78 is 14.9. The van der Waals surface area contributed by atoms with Crippen molar-refractivity contribution in [2.24, 2.45) is 0 Å². The maximum atomic E-state index is 13.0. The van der Waals surface area contributed by atoms with Gasteiger partial charge in [-0.15, -0.1) is 0 Å². The molecule has 0 spiro atoms. The van der Waals surface area contributed by atoms with Crippen LogP contribution in [0.5, 0.6) is 0 Å². The Hall–Kier alpha value is -2.70. The van der Waals surface area contributed by atoms with Crippen molar-refractivity contribution >= 4 is 11.8 Å². The first-order valence-electron chi connectivity index (χ1n) is 9.55. The molecule has 1 saturated carbocycles. The van der Waals surface area contributed by atoms with Crippen molar-refractivity contribution in [1.82, 2.24) is 20.2 Å². The van der Waals surface area contributed by atoms with Crippen molar-refractivity contribution in [3.8, 4) is 0 Å². The van der Waals surface area contributed by atoms with Gasteiger partial charge in [0.25, 0.3) is 11.8 Å². The van der Waals surface area contributed by atoms with E-state index in [1.165, 1.54) is 12.1 Å². The van der Waals surface area contributed by atoms with Crippen LogP contribution in [0.1, 0.15) is 58.0 Å². The molecular formula is C20H23FN4O2. The smallest absolute Gasteiger partial charge is 0.287 e. The largest absolute Gasteiger partial charge is 0.350 e. The number of imidazole rings is 1. The number of halogens is 1. The number of benzene rings is 1. The van der Waals surface area contributed by atoms with E-state index in [0.29, 0.717) is 24.5 Å². The van der Waals surface area contributed by atoms with Crippen molar-refractivity contribution < 1.29 is 14.0 Å². The Morgan fingerprint density at radius 2 is 1.93 bits per heavy atom. The van der Waals surface area contributed by atoms with E-state index >= 15 is 0 Å². The van der Waals surface area contributed by atoms with Gasteiger partial charge in [0.1, 0.15) is 11.5 Å². The van der Waals surface area contributed by atoms with Crippen LogP contribution in [0, 0.1) is 5.82 Å². The van der Waals surface area contributed by atoms with Gasteiger partial charge in [-0.2, -0.15) is 0 Å². The number of hydrogen-bond donors (Lipinski definition) is 2. The fraction of sp³-hybridized carbons (Fsp3) is 0.450. The number of amides is 2. The van der Waals surface area contributed by atoms with Gasteiger partial charge in [-0.05, 0) is 56.2 Å². The van der Waals surface area contributed by atoms with Crippen molar-refractivity contribution in [1.29, 1.82) is 0 Å². The zero-order valence-corrected chi connectivity index (χ0v) is 15.1. The standard InChI is InChI=1S/C20H23FN4O2/c21-14-6-4-13(5-7-14)10-11-22-19(26)17-16-3-1-2-12-25(16)18(24-17)20(27)23-15-8-9-15/h4-7,15H,1-3,8-12H2,(H,22,26)(H,23,27). The normalized spacial score (nSPS) is 15.9. The molecule has 2 aliphatic rings. The molecule has 6 nitrogen and oxygen atoms in total. The summed E-state index contributed by atoms with van der Waals surface area (Å²) in [6, 6.07) is 6.49. The van der Waals surface area contributed by atoms with Crippen LogP contribution < -0.4 is 10.6 Å². The van der Waals surface area contributed by atoms with Crippen LogP contribution in [-0.4, -0.2) is 34.0 Å². The molecule has 1 aliphatic heterocycles. The van der Waals surface area contributed by atoms with E-state index in [9.17, 15) is 14.0 Å². The zero-order valence-electron chi connectivity index (χ0n) is 15.1. The van der Waals surface area contributed by atoms with E-state index < -0.39 is 0 Å². The maximum absolute atomic E-state index is 13.0. The summed E-state index contributed by atoms with van der Waals surface area (Å²) in [7, 11) is 0. The third-order valence-electron chi connectivity index (χ3n) is 5.06. The Morgan fingerprint density at radius 3 is 2.67 bits per heavy atom. The predicted octanol–water partition coefficient (Wildman–Crippen LogP) is 2.22. The van der Waals surface area contributed by atoms with E-state index in [0.717, 1.165) is 49.9 Å². The lowest BCUT2D eigenvalue weighted by Gasteiger charge is -2.17. The maximum Gasteiger partial charge on any atom is 0.287 e. The molecule has 0 saturated heterocycles. The molecular weight excluding hydrogens is 347 g/mol. The number of fused-ring (bicyclic) bond motifs is 1. The van der Waals surface area contributed by atoms with E-state index in [2.05, 4.69) is 15.6 Å². The summed E-state index contributed by atoms with van der Waals surface area (Å²) in [5, 5.41) is 5.83. The summed E-state index contributed by atoms with van der Waals surface area (Å²) in [6.07, 6.45) is 5.36. The van der Waals surface area contributed by atoms with Crippen molar-refractivity contribution in [3.63, 3.8) is 0 Å². The molecule has 2 aromatic rings. The first-order valence-corrected chi connectivity index (χ1v) is 9.55. The lowest BCUT2D eigenvalue weighted by Crippen LogP contribution is -2.29. The van der Waals surface area contributed by atoms with Crippen LogP contribution in [0.3, 0.4) is 0 Å². The van der Waals surface area contributed by atoms with Gasteiger partial charge in [-0.1, -0.05) is 12.1 Å². The number of rotatable bonds is 6. The Kier molecular flexibility index (Phi) is 4.92. The quantitative estimate of drug-likeness (QED) is 0.819. The highest BCUT2D eigenvalue weighted by Crippen LogP contribution is 2.23. The second-order valence-corrected chi connectivity index (χ2v) is 7.22. The summed E-state index contributed by atoms with van der Waals surface area (Å²) in [5.74, 6) is -0.371. The summed E-state index contributed by atoms with van der Waals surface area (Å²) >= 11 is 0. The Bertz CT molecular complexity index is 856.